The van der Waals surface area contributed by atoms with Gasteiger partial charge in [0.2, 0.25) is 0 Å². The van der Waals surface area contributed by atoms with Crippen LogP contribution in [0.3, 0.4) is 0 Å². The Bertz CT molecular complexity index is 966. The van der Waals surface area contributed by atoms with E-state index in [0.717, 1.165) is 5.56 Å². The minimum absolute atomic E-state index is 0.206. The smallest absolute Gasteiger partial charge is 0.319 e. The summed E-state index contributed by atoms with van der Waals surface area (Å²) in [5, 5.41) is 24.1. The highest BCUT2D eigenvalue weighted by atomic mass is 16.5. The van der Waals surface area contributed by atoms with Gasteiger partial charge in [0.1, 0.15) is 17.6 Å². The van der Waals surface area contributed by atoms with Crippen LogP contribution in [0.25, 0.3) is 0 Å². The van der Waals surface area contributed by atoms with Crippen LogP contribution < -0.4 is 15.4 Å². The van der Waals surface area contributed by atoms with E-state index < -0.39 is 12.1 Å². The molecule has 0 aliphatic heterocycles. The lowest BCUT2D eigenvalue weighted by Gasteiger charge is -2.17. The van der Waals surface area contributed by atoms with Crippen molar-refractivity contribution < 1.29 is 14.6 Å². The molecule has 6 nitrogen and oxygen atoms in total. The van der Waals surface area contributed by atoms with Gasteiger partial charge in [-0.3, -0.25) is 0 Å². The van der Waals surface area contributed by atoms with Crippen LogP contribution in [0.5, 0.6) is 11.5 Å². The number of anilines is 1. The molecule has 0 aromatic heterocycles. The van der Waals surface area contributed by atoms with Crippen LogP contribution in [0.15, 0.2) is 78.9 Å². The lowest BCUT2D eigenvalue weighted by molar-refractivity contribution is 0.225. The number of hydrogen-bond donors (Lipinski definition) is 3. The average molecular weight is 373 g/mol. The Balaban J connectivity index is 1.61. The molecule has 0 bridgehead atoms. The van der Waals surface area contributed by atoms with Crippen LogP contribution in [0.4, 0.5) is 10.5 Å². The summed E-state index contributed by atoms with van der Waals surface area (Å²) in [5.74, 6) is 1.02. The quantitative estimate of drug-likeness (QED) is 0.603. The molecule has 0 aliphatic rings. The van der Waals surface area contributed by atoms with Gasteiger partial charge in [0, 0.05) is 5.69 Å². The molecule has 0 aliphatic carbocycles. The molecule has 3 N–H and O–H groups in total. The molecule has 3 aromatic carbocycles. The van der Waals surface area contributed by atoms with Gasteiger partial charge in [-0.05, 0) is 42.0 Å². The van der Waals surface area contributed by atoms with Crippen molar-refractivity contribution in [2.75, 3.05) is 11.9 Å². The Hall–Kier alpha value is -3.82. The average Bonchev–Trinajstić information content (AvgIpc) is 2.74. The minimum Gasteiger partial charge on any atom is -0.456 e. The molecule has 0 unspecified atom stereocenters. The first-order chi connectivity index (χ1) is 13.7. The molecule has 0 saturated heterocycles. The maximum atomic E-state index is 12.2. The van der Waals surface area contributed by atoms with Crippen LogP contribution in [-0.4, -0.2) is 17.7 Å². The third-order valence-corrected chi connectivity index (χ3v) is 4.04. The van der Waals surface area contributed by atoms with E-state index in [2.05, 4.69) is 16.7 Å². The van der Waals surface area contributed by atoms with Crippen molar-refractivity contribution in [2.24, 2.45) is 0 Å². The van der Waals surface area contributed by atoms with Gasteiger partial charge >= 0.3 is 6.03 Å². The Morgan fingerprint density at radius 1 is 1.00 bits per heavy atom. The van der Waals surface area contributed by atoms with Crippen molar-refractivity contribution in [3.05, 3.63) is 90.0 Å². The fourth-order valence-corrected chi connectivity index (χ4v) is 2.63. The summed E-state index contributed by atoms with van der Waals surface area (Å²) in [5.41, 5.74) is 1.84. The molecule has 6 heteroatoms. The van der Waals surface area contributed by atoms with Crippen molar-refractivity contribution in [1.29, 1.82) is 5.26 Å². The van der Waals surface area contributed by atoms with E-state index in [-0.39, 0.29) is 6.61 Å². The van der Waals surface area contributed by atoms with Crippen molar-refractivity contribution in [1.82, 2.24) is 5.32 Å². The molecule has 0 heterocycles. The predicted octanol–water partition coefficient (Wildman–Crippen LogP) is 4.21. The topological polar surface area (TPSA) is 94.4 Å². The predicted molar refractivity (Wildman–Crippen MR) is 106 cm³/mol. The summed E-state index contributed by atoms with van der Waals surface area (Å²) < 4.78 is 5.72. The molecule has 28 heavy (non-hydrogen) atoms. The second-order valence-corrected chi connectivity index (χ2v) is 5.98. The number of hydrogen-bond acceptors (Lipinski definition) is 4. The van der Waals surface area contributed by atoms with E-state index >= 15 is 0 Å². The fraction of sp³-hybridized carbons (Fsp3) is 0.0909. The highest BCUT2D eigenvalue weighted by Gasteiger charge is 2.13. The van der Waals surface area contributed by atoms with Gasteiger partial charge in [0.05, 0.1) is 18.2 Å². The summed E-state index contributed by atoms with van der Waals surface area (Å²) in [6.45, 7) is -0.206. The summed E-state index contributed by atoms with van der Waals surface area (Å²) in [6, 6.07) is 24.2. The fourth-order valence-electron chi connectivity index (χ4n) is 2.63. The summed E-state index contributed by atoms with van der Waals surface area (Å²) in [6.07, 6.45) is 0. The molecule has 0 saturated carbocycles. The zero-order valence-corrected chi connectivity index (χ0v) is 15.0. The summed E-state index contributed by atoms with van der Waals surface area (Å²) >= 11 is 0. The largest absolute Gasteiger partial charge is 0.456 e. The van der Waals surface area contributed by atoms with Crippen LogP contribution in [-0.2, 0) is 0 Å². The number of carbonyl (C=O) groups excluding carboxylic acids is 1. The van der Waals surface area contributed by atoms with Crippen molar-refractivity contribution in [3.63, 3.8) is 0 Å². The van der Waals surface area contributed by atoms with E-state index in [1.54, 1.807) is 48.5 Å². The van der Waals surface area contributed by atoms with E-state index in [0.29, 0.717) is 22.7 Å². The molecule has 3 aromatic rings. The number of amides is 2. The van der Waals surface area contributed by atoms with Gasteiger partial charge in [-0.1, -0.05) is 42.5 Å². The van der Waals surface area contributed by atoms with Crippen LogP contribution in [0.1, 0.15) is 17.2 Å². The Labute approximate surface area is 163 Å². The molecular weight excluding hydrogens is 354 g/mol. The first-order valence-electron chi connectivity index (χ1n) is 8.70. The van der Waals surface area contributed by atoms with Crippen molar-refractivity contribution in [3.8, 4) is 17.6 Å². The zero-order chi connectivity index (χ0) is 19.8. The molecule has 0 spiro atoms. The lowest BCUT2D eigenvalue weighted by atomic mass is 10.1. The van der Waals surface area contributed by atoms with Crippen molar-refractivity contribution in [2.45, 2.75) is 6.04 Å². The monoisotopic (exact) mass is 373 g/mol. The Kier molecular flexibility index (Phi) is 6.24. The second-order valence-electron chi connectivity index (χ2n) is 5.98. The number of aliphatic hydroxyl groups is 1. The minimum atomic E-state index is -0.494. The van der Waals surface area contributed by atoms with Gasteiger partial charge in [-0.2, -0.15) is 5.26 Å². The first-order valence-corrected chi connectivity index (χ1v) is 8.70. The van der Waals surface area contributed by atoms with Gasteiger partial charge in [0.15, 0.2) is 0 Å². The highest BCUT2D eigenvalue weighted by molar-refractivity contribution is 5.89. The van der Waals surface area contributed by atoms with E-state index in [4.69, 9.17) is 10.00 Å². The number of nitrogens with zero attached hydrogens (tertiary/aromatic N) is 1. The standard InChI is InChI=1S/C22H19N3O3/c23-14-17-8-4-5-9-21(17)28-19-12-10-18(11-13-19)24-22(27)25-20(15-26)16-6-2-1-3-7-16/h1-13,20,26H,15H2,(H2,24,25,27)/t20-/m1/s1. The first kappa shape index (κ1) is 19.0. The number of rotatable bonds is 6. The van der Waals surface area contributed by atoms with Crippen molar-refractivity contribution >= 4 is 11.7 Å². The maximum absolute atomic E-state index is 12.2. The Morgan fingerprint density at radius 3 is 2.36 bits per heavy atom. The number of benzene rings is 3. The van der Waals surface area contributed by atoms with Crippen LogP contribution in [0, 0.1) is 11.3 Å². The second kappa shape index (κ2) is 9.21. The van der Waals surface area contributed by atoms with Gasteiger partial charge < -0.3 is 20.5 Å². The number of ether oxygens (including phenoxy) is 1. The van der Waals surface area contributed by atoms with Gasteiger partial charge in [-0.15, -0.1) is 0 Å². The van der Waals surface area contributed by atoms with Gasteiger partial charge in [-0.25, -0.2) is 4.79 Å². The number of urea groups is 1. The Morgan fingerprint density at radius 2 is 1.68 bits per heavy atom. The summed E-state index contributed by atoms with van der Waals surface area (Å²) in [7, 11) is 0. The number of nitriles is 1. The maximum Gasteiger partial charge on any atom is 0.319 e. The number of aliphatic hydroxyl groups excluding tert-OH is 1. The molecular formula is C22H19N3O3. The SMILES string of the molecule is N#Cc1ccccc1Oc1ccc(NC(=O)N[C@H](CO)c2ccccc2)cc1. The molecule has 0 fully saturated rings. The molecule has 3 rings (SSSR count). The third kappa shape index (κ3) is 4.87. The third-order valence-electron chi connectivity index (χ3n) is 4.04. The molecule has 0 radical (unpaired) electrons. The number of nitrogens with one attached hydrogen (secondary N) is 2. The van der Waals surface area contributed by atoms with E-state index in [9.17, 15) is 9.90 Å². The van der Waals surface area contributed by atoms with Crippen LogP contribution >= 0.6 is 0 Å². The number of carbonyl (C=O) groups is 1. The lowest BCUT2D eigenvalue weighted by Crippen LogP contribution is -2.34. The molecule has 1 atom stereocenters. The van der Waals surface area contributed by atoms with Crippen LogP contribution in [0.2, 0.25) is 0 Å². The summed E-state index contributed by atoms with van der Waals surface area (Å²) in [4.78, 5) is 12.2. The van der Waals surface area contributed by atoms with Gasteiger partial charge in [0.25, 0.3) is 0 Å². The van der Waals surface area contributed by atoms with E-state index in [1.807, 2.05) is 30.3 Å². The molecule has 140 valence electrons. The highest BCUT2D eigenvalue weighted by Crippen LogP contribution is 2.25. The number of para-hydroxylation sites is 1. The van der Waals surface area contributed by atoms with E-state index in [1.165, 1.54) is 0 Å². The normalized spacial score (nSPS) is 11.1. The zero-order valence-electron chi connectivity index (χ0n) is 15.0. The molecule has 2 amide bonds.